The molecule has 9 heteroatoms. The van der Waals surface area contributed by atoms with Gasteiger partial charge in [-0.3, -0.25) is 9.59 Å². The Hall–Kier alpha value is -2.06. The Labute approximate surface area is 148 Å². The van der Waals surface area contributed by atoms with Crippen LogP contribution < -0.4 is 11.1 Å². The zero-order chi connectivity index (χ0) is 18.6. The minimum atomic E-state index is -4.58. The molecule has 0 bridgehead atoms. The highest BCUT2D eigenvalue weighted by atomic mass is 19.4. The van der Waals surface area contributed by atoms with Gasteiger partial charge in [-0.15, -0.1) is 0 Å². The van der Waals surface area contributed by atoms with Crippen LogP contribution in [-0.4, -0.2) is 27.4 Å². The Morgan fingerprint density at radius 2 is 1.96 bits per heavy atom. The van der Waals surface area contributed by atoms with Crippen LogP contribution in [0.2, 0.25) is 0 Å². The van der Waals surface area contributed by atoms with E-state index in [0.717, 1.165) is 23.8 Å². The van der Waals surface area contributed by atoms with Crippen molar-refractivity contribution in [2.45, 2.75) is 57.3 Å². The lowest BCUT2D eigenvalue weighted by Crippen LogP contribution is -2.50. The summed E-state index contributed by atoms with van der Waals surface area (Å²) in [5.41, 5.74) is 5.63. The third-order valence-electron chi connectivity index (χ3n) is 6.13. The number of fused-ring (bicyclic) bond motifs is 2. The van der Waals surface area contributed by atoms with E-state index in [0.29, 0.717) is 30.9 Å². The average Bonchev–Trinajstić information content (AvgIpc) is 3.11. The van der Waals surface area contributed by atoms with Gasteiger partial charge in [-0.25, -0.2) is 4.98 Å². The molecule has 3 aliphatic rings. The minimum Gasteiger partial charge on any atom is -0.369 e. The molecule has 142 valence electrons. The lowest BCUT2D eigenvalue weighted by atomic mass is 9.71. The molecule has 0 radical (unpaired) electrons. The number of nitrogens with one attached hydrogen (secondary N) is 1. The Kier molecular flexibility index (Phi) is 4.00. The molecule has 3 N–H and O–H groups in total. The first-order chi connectivity index (χ1) is 12.3. The number of carbonyl (C=O) groups excluding carboxylic acids is 2. The van der Waals surface area contributed by atoms with E-state index in [4.69, 9.17) is 5.73 Å². The van der Waals surface area contributed by atoms with Crippen molar-refractivity contribution in [3.63, 3.8) is 0 Å². The number of rotatable bonds is 3. The van der Waals surface area contributed by atoms with Crippen molar-refractivity contribution in [3.8, 4) is 0 Å². The molecule has 4 atom stereocenters. The summed E-state index contributed by atoms with van der Waals surface area (Å²) >= 11 is 0. The SMILES string of the molecule is NC(=O)C1CC2CC(NC(=O)c3nc(C(F)(F)F)n4c3CCCC4)C2C1. The summed E-state index contributed by atoms with van der Waals surface area (Å²) in [5, 5.41) is 2.84. The number of alkyl halides is 3. The maximum Gasteiger partial charge on any atom is 0.449 e. The summed E-state index contributed by atoms with van der Waals surface area (Å²) in [6, 6.07) is -0.118. The number of halogens is 3. The van der Waals surface area contributed by atoms with Crippen molar-refractivity contribution < 1.29 is 22.8 Å². The molecule has 1 aliphatic heterocycles. The van der Waals surface area contributed by atoms with E-state index in [9.17, 15) is 22.8 Å². The van der Waals surface area contributed by atoms with Crippen LogP contribution in [0.1, 0.15) is 54.1 Å². The van der Waals surface area contributed by atoms with Crippen LogP contribution in [-0.2, 0) is 23.9 Å². The number of nitrogens with zero attached hydrogens (tertiary/aromatic N) is 2. The van der Waals surface area contributed by atoms with Gasteiger partial charge in [0.05, 0.1) is 5.69 Å². The fraction of sp³-hybridized carbons (Fsp3) is 0.706. The quantitative estimate of drug-likeness (QED) is 0.851. The molecule has 0 aromatic carbocycles. The molecule has 26 heavy (non-hydrogen) atoms. The van der Waals surface area contributed by atoms with E-state index in [2.05, 4.69) is 10.3 Å². The molecule has 0 saturated heterocycles. The predicted octanol–water partition coefficient (Wildman–Crippen LogP) is 1.87. The van der Waals surface area contributed by atoms with E-state index in [-0.39, 0.29) is 36.0 Å². The molecule has 2 amide bonds. The van der Waals surface area contributed by atoms with Crippen LogP contribution in [0.3, 0.4) is 0 Å². The second-order valence-electron chi connectivity index (χ2n) is 7.65. The van der Waals surface area contributed by atoms with Gasteiger partial charge in [0.1, 0.15) is 5.69 Å². The van der Waals surface area contributed by atoms with E-state index >= 15 is 0 Å². The number of amides is 2. The van der Waals surface area contributed by atoms with Gasteiger partial charge in [0, 0.05) is 18.5 Å². The topological polar surface area (TPSA) is 90.0 Å². The van der Waals surface area contributed by atoms with Crippen LogP contribution in [0.15, 0.2) is 0 Å². The lowest BCUT2D eigenvalue weighted by molar-refractivity contribution is -0.147. The Morgan fingerprint density at radius 1 is 1.19 bits per heavy atom. The van der Waals surface area contributed by atoms with Crippen LogP contribution in [0.4, 0.5) is 13.2 Å². The summed E-state index contributed by atoms with van der Waals surface area (Å²) in [6.45, 7) is 0.235. The third kappa shape index (κ3) is 2.77. The summed E-state index contributed by atoms with van der Waals surface area (Å²) in [4.78, 5) is 27.6. The van der Waals surface area contributed by atoms with Crippen LogP contribution in [0, 0.1) is 17.8 Å². The number of hydrogen-bond donors (Lipinski definition) is 2. The van der Waals surface area contributed by atoms with Crippen molar-refractivity contribution in [1.29, 1.82) is 0 Å². The highest BCUT2D eigenvalue weighted by Gasteiger charge is 2.50. The standard InChI is InChI=1S/C17H21F3N4O2/c18-17(19,20)16-23-13(12-3-1-2-4-24(12)16)15(26)22-11-7-8-5-9(14(21)25)6-10(8)11/h8-11H,1-7H2,(H2,21,25)(H,22,26). The Morgan fingerprint density at radius 3 is 2.65 bits per heavy atom. The molecule has 6 nitrogen and oxygen atoms in total. The first-order valence-corrected chi connectivity index (χ1v) is 9.02. The highest BCUT2D eigenvalue weighted by Crippen LogP contribution is 2.49. The van der Waals surface area contributed by atoms with E-state index in [1.807, 2.05) is 0 Å². The van der Waals surface area contributed by atoms with Gasteiger partial charge >= 0.3 is 6.18 Å². The maximum atomic E-state index is 13.2. The molecular formula is C17H21F3N4O2. The zero-order valence-electron chi connectivity index (χ0n) is 14.2. The molecule has 1 aromatic heterocycles. The fourth-order valence-electron chi connectivity index (χ4n) is 4.80. The van der Waals surface area contributed by atoms with Crippen molar-refractivity contribution in [2.75, 3.05) is 0 Å². The molecule has 2 aliphatic carbocycles. The van der Waals surface area contributed by atoms with Gasteiger partial charge in [-0.2, -0.15) is 13.2 Å². The highest BCUT2D eigenvalue weighted by molar-refractivity contribution is 5.94. The molecular weight excluding hydrogens is 349 g/mol. The number of carbonyl (C=O) groups is 2. The first-order valence-electron chi connectivity index (χ1n) is 9.02. The monoisotopic (exact) mass is 370 g/mol. The molecule has 2 heterocycles. The van der Waals surface area contributed by atoms with E-state index in [1.165, 1.54) is 0 Å². The van der Waals surface area contributed by atoms with Gasteiger partial charge in [-0.1, -0.05) is 0 Å². The van der Waals surface area contributed by atoms with Gasteiger partial charge < -0.3 is 15.6 Å². The minimum absolute atomic E-state index is 0.107. The average molecular weight is 370 g/mol. The summed E-state index contributed by atoms with van der Waals surface area (Å²) in [5.74, 6) is -1.47. The van der Waals surface area contributed by atoms with Crippen LogP contribution in [0.5, 0.6) is 0 Å². The number of nitrogens with two attached hydrogens (primary N) is 1. The molecule has 2 saturated carbocycles. The number of aromatic nitrogens is 2. The van der Waals surface area contributed by atoms with Gasteiger partial charge in [0.15, 0.2) is 0 Å². The molecule has 4 rings (SSSR count). The number of hydrogen-bond acceptors (Lipinski definition) is 3. The van der Waals surface area contributed by atoms with Crippen LogP contribution in [0.25, 0.3) is 0 Å². The second-order valence-corrected chi connectivity index (χ2v) is 7.65. The number of primary amides is 1. The van der Waals surface area contributed by atoms with Gasteiger partial charge in [0.2, 0.25) is 11.7 Å². The maximum absolute atomic E-state index is 13.2. The Balaban J connectivity index is 1.51. The molecule has 4 unspecified atom stereocenters. The fourth-order valence-corrected chi connectivity index (χ4v) is 4.80. The van der Waals surface area contributed by atoms with E-state index in [1.54, 1.807) is 0 Å². The first kappa shape index (κ1) is 17.4. The second kappa shape index (κ2) is 5.99. The van der Waals surface area contributed by atoms with E-state index < -0.39 is 17.9 Å². The van der Waals surface area contributed by atoms with Crippen LogP contribution >= 0.6 is 0 Å². The largest absolute Gasteiger partial charge is 0.449 e. The van der Waals surface area contributed by atoms with Crippen molar-refractivity contribution in [3.05, 3.63) is 17.2 Å². The number of imidazole rings is 1. The summed E-state index contributed by atoms with van der Waals surface area (Å²) < 4.78 is 40.8. The smallest absolute Gasteiger partial charge is 0.369 e. The van der Waals surface area contributed by atoms with Crippen molar-refractivity contribution in [2.24, 2.45) is 23.5 Å². The van der Waals surface area contributed by atoms with Gasteiger partial charge in [-0.05, 0) is 50.4 Å². The molecule has 0 spiro atoms. The predicted molar refractivity (Wildman–Crippen MR) is 84.9 cm³/mol. The Bertz CT molecular complexity index is 758. The normalized spacial score (nSPS) is 30.3. The lowest BCUT2D eigenvalue weighted by Gasteiger charge is -2.40. The molecule has 2 fully saturated rings. The van der Waals surface area contributed by atoms with Crippen molar-refractivity contribution in [1.82, 2.24) is 14.9 Å². The summed E-state index contributed by atoms with van der Waals surface area (Å²) in [6.07, 6.45) is -0.641. The van der Waals surface area contributed by atoms with Gasteiger partial charge in [0.25, 0.3) is 5.91 Å². The van der Waals surface area contributed by atoms with Crippen molar-refractivity contribution >= 4 is 11.8 Å². The summed E-state index contributed by atoms with van der Waals surface area (Å²) in [7, 11) is 0. The zero-order valence-corrected chi connectivity index (χ0v) is 14.2. The third-order valence-corrected chi connectivity index (χ3v) is 6.13. The molecule has 1 aromatic rings.